The Kier molecular flexibility index (Phi) is 11.7. The van der Waals surface area contributed by atoms with E-state index in [1.165, 1.54) is 6.08 Å². The molecule has 0 amide bonds. The monoisotopic (exact) mass is 233 g/mol. The van der Waals surface area contributed by atoms with Crippen molar-refractivity contribution >= 4 is 24.6 Å². The summed E-state index contributed by atoms with van der Waals surface area (Å²) in [5.74, 6) is -1.73. The third kappa shape index (κ3) is 15.5. The first-order chi connectivity index (χ1) is 6.95. The molecule has 0 heterocycles. The zero-order valence-corrected chi connectivity index (χ0v) is 9.22. The summed E-state index contributed by atoms with van der Waals surface area (Å²) in [4.78, 5) is 19.5. The number of aliphatic carboxylic acids is 2. The van der Waals surface area contributed by atoms with E-state index in [1.807, 2.05) is 6.92 Å². The molecule has 1 atom stereocenters. The minimum atomic E-state index is -1.00. The van der Waals surface area contributed by atoms with Gasteiger partial charge in [0, 0.05) is 11.8 Å². The highest BCUT2D eigenvalue weighted by molar-refractivity contribution is 7.80. The Labute approximate surface area is 93.7 Å². The van der Waals surface area contributed by atoms with Gasteiger partial charge in [0.25, 0.3) is 0 Å². The van der Waals surface area contributed by atoms with Crippen molar-refractivity contribution in [3.8, 4) is 0 Å². The van der Waals surface area contributed by atoms with Gasteiger partial charge in [-0.1, -0.05) is 18.2 Å². The van der Waals surface area contributed by atoms with Crippen LogP contribution in [0.25, 0.3) is 0 Å². The molecule has 0 aromatic rings. The first kappa shape index (κ1) is 16.2. The number of carboxylic acids is 2. The standard InChI is InChI=1S/C6H8O2.C3H7NO2S/c1-2-3-4-5-6(7)8;4-2(1-7)3(5)6/h2-5H,1H3,(H,7,8);2,7H,1,4H2,(H,5,6)/b3-2+,5-4+;. The minimum absolute atomic E-state index is 0.190. The van der Waals surface area contributed by atoms with Gasteiger partial charge in [-0.15, -0.1) is 0 Å². The number of hydrogen-bond acceptors (Lipinski definition) is 4. The van der Waals surface area contributed by atoms with Gasteiger partial charge < -0.3 is 15.9 Å². The van der Waals surface area contributed by atoms with E-state index in [0.717, 1.165) is 6.08 Å². The normalized spacial score (nSPS) is 12.2. The van der Waals surface area contributed by atoms with Crippen molar-refractivity contribution in [3.63, 3.8) is 0 Å². The molecule has 6 heteroatoms. The van der Waals surface area contributed by atoms with Gasteiger partial charge in [-0.2, -0.15) is 12.6 Å². The van der Waals surface area contributed by atoms with Crippen LogP contribution in [0.2, 0.25) is 0 Å². The Morgan fingerprint density at radius 3 is 2.13 bits per heavy atom. The van der Waals surface area contributed by atoms with E-state index >= 15 is 0 Å². The average Bonchev–Trinajstić information content (AvgIpc) is 2.17. The van der Waals surface area contributed by atoms with Crippen LogP contribution in [0, 0.1) is 0 Å². The van der Waals surface area contributed by atoms with Gasteiger partial charge in [0.1, 0.15) is 6.04 Å². The topological polar surface area (TPSA) is 101 Å². The lowest BCUT2D eigenvalue weighted by Crippen LogP contribution is -2.31. The van der Waals surface area contributed by atoms with E-state index in [4.69, 9.17) is 15.9 Å². The second kappa shape index (κ2) is 10.8. The third-order valence-corrected chi connectivity index (χ3v) is 1.45. The summed E-state index contributed by atoms with van der Waals surface area (Å²) in [5.41, 5.74) is 4.94. The Hall–Kier alpha value is -1.27. The van der Waals surface area contributed by atoms with E-state index in [2.05, 4.69) is 12.6 Å². The van der Waals surface area contributed by atoms with Gasteiger partial charge in [0.15, 0.2) is 0 Å². The lowest BCUT2D eigenvalue weighted by atomic mass is 10.4. The number of allylic oxidation sites excluding steroid dienone is 3. The van der Waals surface area contributed by atoms with Crippen molar-refractivity contribution in [3.05, 3.63) is 24.3 Å². The summed E-state index contributed by atoms with van der Waals surface area (Å²) < 4.78 is 0. The molecule has 15 heavy (non-hydrogen) atoms. The lowest BCUT2D eigenvalue weighted by Gasteiger charge is -1.96. The van der Waals surface area contributed by atoms with Gasteiger partial charge in [-0.05, 0) is 6.92 Å². The molecule has 0 aliphatic heterocycles. The SMILES string of the molecule is C/C=C/C=C/C(=O)O.NC(CS)C(=O)O. The molecule has 0 aromatic carbocycles. The van der Waals surface area contributed by atoms with Crippen LogP contribution in [0.5, 0.6) is 0 Å². The maximum atomic E-state index is 9.76. The van der Waals surface area contributed by atoms with Crippen LogP contribution in [-0.4, -0.2) is 33.9 Å². The van der Waals surface area contributed by atoms with E-state index in [0.29, 0.717) is 0 Å². The molecule has 0 aliphatic rings. The summed E-state index contributed by atoms with van der Waals surface area (Å²) in [6, 6.07) is -0.816. The first-order valence-corrected chi connectivity index (χ1v) is 4.70. The van der Waals surface area contributed by atoms with Gasteiger partial charge in [0.05, 0.1) is 0 Å². The maximum Gasteiger partial charge on any atom is 0.328 e. The zero-order chi connectivity index (χ0) is 12.3. The van der Waals surface area contributed by atoms with Crippen LogP contribution >= 0.6 is 12.6 Å². The quantitative estimate of drug-likeness (QED) is 0.322. The van der Waals surface area contributed by atoms with Crippen molar-refractivity contribution in [1.29, 1.82) is 0 Å². The molecular weight excluding hydrogens is 218 g/mol. The van der Waals surface area contributed by atoms with Crippen molar-refractivity contribution in [2.75, 3.05) is 5.75 Å². The van der Waals surface area contributed by atoms with Gasteiger partial charge in [-0.3, -0.25) is 4.79 Å². The first-order valence-electron chi connectivity index (χ1n) is 4.07. The molecule has 1 unspecified atom stereocenters. The van der Waals surface area contributed by atoms with E-state index in [1.54, 1.807) is 12.2 Å². The highest BCUT2D eigenvalue weighted by Crippen LogP contribution is 1.80. The molecule has 0 saturated heterocycles. The fourth-order valence-electron chi connectivity index (χ4n) is 0.327. The molecule has 5 nitrogen and oxygen atoms in total. The molecule has 0 bridgehead atoms. The molecule has 0 spiro atoms. The molecule has 0 fully saturated rings. The highest BCUT2D eigenvalue weighted by Gasteiger charge is 2.06. The predicted molar refractivity (Wildman–Crippen MR) is 61.1 cm³/mol. The second-order valence-electron chi connectivity index (χ2n) is 2.35. The van der Waals surface area contributed by atoms with E-state index < -0.39 is 18.0 Å². The molecule has 0 saturated carbocycles. The second-order valence-corrected chi connectivity index (χ2v) is 2.72. The van der Waals surface area contributed by atoms with Crippen LogP contribution in [0.3, 0.4) is 0 Å². The highest BCUT2D eigenvalue weighted by atomic mass is 32.1. The van der Waals surface area contributed by atoms with Gasteiger partial charge in [-0.25, -0.2) is 4.79 Å². The fraction of sp³-hybridized carbons (Fsp3) is 0.333. The molecule has 0 aliphatic carbocycles. The summed E-state index contributed by atoms with van der Waals surface area (Å²) in [6.07, 6.45) is 5.98. The van der Waals surface area contributed by atoms with E-state index in [9.17, 15) is 9.59 Å². The summed E-state index contributed by atoms with van der Waals surface area (Å²) >= 11 is 3.65. The molecule has 0 aromatic heterocycles. The molecular formula is C9H15NO4S. The predicted octanol–water partition coefficient (Wildman–Crippen LogP) is 0.531. The van der Waals surface area contributed by atoms with Crippen LogP contribution in [-0.2, 0) is 9.59 Å². The zero-order valence-electron chi connectivity index (χ0n) is 8.33. The summed E-state index contributed by atoms with van der Waals surface area (Å²) in [7, 11) is 0. The molecule has 0 rings (SSSR count). The van der Waals surface area contributed by atoms with Crippen LogP contribution < -0.4 is 5.73 Å². The van der Waals surface area contributed by atoms with Crippen molar-refractivity contribution in [2.24, 2.45) is 5.73 Å². The average molecular weight is 233 g/mol. The van der Waals surface area contributed by atoms with Crippen LogP contribution in [0.15, 0.2) is 24.3 Å². The Morgan fingerprint density at radius 2 is 1.93 bits per heavy atom. The Bertz CT molecular complexity index is 250. The summed E-state index contributed by atoms with van der Waals surface area (Å²) in [5, 5.41) is 16.0. The van der Waals surface area contributed by atoms with Crippen molar-refractivity contribution in [1.82, 2.24) is 0 Å². The molecule has 0 radical (unpaired) electrons. The molecule has 4 N–H and O–H groups in total. The number of carbonyl (C=O) groups is 2. The number of hydrogen-bond donors (Lipinski definition) is 4. The van der Waals surface area contributed by atoms with Gasteiger partial charge >= 0.3 is 11.9 Å². The maximum absolute atomic E-state index is 9.76. The summed E-state index contributed by atoms with van der Waals surface area (Å²) in [6.45, 7) is 1.83. The van der Waals surface area contributed by atoms with Crippen LogP contribution in [0.4, 0.5) is 0 Å². The molecule has 86 valence electrons. The van der Waals surface area contributed by atoms with Crippen LogP contribution in [0.1, 0.15) is 6.92 Å². The number of rotatable bonds is 4. The smallest absolute Gasteiger partial charge is 0.328 e. The fourth-order valence-corrected chi connectivity index (χ4v) is 0.483. The largest absolute Gasteiger partial charge is 0.480 e. The van der Waals surface area contributed by atoms with Crippen molar-refractivity contribution in [2.45, 2.75) is 13.0 Å². The number of nitrogens with two attached hydrogens (primary N) is 1. The lowest BCUT2D eigenvalue weighted by molar-refractivity contribution is -0.138. The Morgan fingerprint density at radius 1 is 1.40 bits per heavy atom. The van der Waals surface area contributed by atoms with Gasteiger partial charge in [0.2, 0.25) is 0 Å². The minimum Gasteiger partial charge on any atom is -0.480 e. The third-order valence-electron chi connectivity index (χ3n) is 1.06. The number of thiol groups is 1. The Balaban J connectivity index is 0. The number of carboxylic acid groups (broad SMARTS) is 2. The van der Waals surface area contributed by atoms with Crippen molar-refractivity contribution < 1.29 is 19.8 Å². The van der Waals surface area contributed by atoms with E-state index in [-0.39, 0.29) is 5.75 Å².